The minimum atomic E-state index is 0.724. The molecule has 0 aromatic heterocycles. The van der Waals surface area contributed by atoms with Gasteiger partial charge in [-0.3, -0.25) is 0 Å². The molecule has 3 heteroatoms. The number of halogens is 1. The predicted octanol–water partition coefficient (Wildman–Crippen LogP) is 4.01. The summed E-state index contributed by atoms with van der Waals surface area (Å²) in [5.41, 5.74) is 0. The SMILES string of the molecule is COc1ccc(OCCCBr)c2ccccc12. The number of ether oxygens (including phenoxy) is 2. The van der Waals surface area contributed by atoms with E-state index in [4.69, 9.17) is 9.47 Å². The number of rotatable bonds is 5. The Kier molecular flexibility index (Phi) is 4.26. The van der Waals surface area contributed by atoms with Crippen LogP contribution in [-0.4, -0.2) is 19.0 Å². The molecular formula is C14H15BrO2. The van der Waals surface area contributed by atoms with Gasteiger partial charge in [-0.25, -0.2) is 0 Å². The topological polar surface area (TPSA) is 18.5 Å². The smallest absolute Gasteiger partial charge is 0.127 e. The van der Waals surface area contributed by atoms with Crippen LogP contribution in [0.15, 0.2) is 36.4 Å². The number of hydrogen-bond donors (Lipinski definition) is 0. The lowest BCUT2D eigenvalue weighted by Gasteiger charge is -2.11. The zero-order valence-corrected chi connectivity index (χ0v) is 11.4. The molecule has 2 aromatic rings. The molecule has 0 aliphatic rings. The van der Waals surface area contributed by atoms with Crippen molar-refractivity contribution < 1.29 is 9.47 Å². The minimum Gasteiger partial charge on any atom is -0.496 e. The van der Waals surface area contributed by atoms with Crippen LogP contribution >= 0.6 is 15.9 Å². The van der Waals surface area contributed by atoms with E-state index in [1.54, 1.807) is 7.11 Å². The van der Waals surface area contributed by atoms with Gasteiger partial charge in [-0.05, 0) is 18.6 Å². The molecule has 2 nitrogen and oxygen atoms in total. The van der Waals surface area contributed by atoms with E-state index in [1.807, 2.05) is 30.3 Å². The Labute approximate surface area is 110 Å². The normalized spacial score (nSPS) is 10.5. The Hall–Kier alpha value is -1.22. The molecule has 0 bridgehead atoms. The third-order valence-corrected chi connectivity index (χ3v) is 3.16. The molecule has 0 aliphatic heterocycles. The third kappa shape index (κ3) is 2.72. The zero-order chi connectivity index (χ0) is 12.1. The molecule has 0 saturated heterocycles. The van der Waals surface area contributed by atoms with E-state index in [9.17, 15) is 0 Å². The van der Waals surface area contributed by atoms with Crippen molar-refractivity contribution in [3.05, 3.63) is 36.4 Å². The molecule has 0 heterocycles. The lowest BCUT2D eigenvalue weighted by atomic mass is 10.1. The predicted molar refractivity (Wildman–Crippen MR) is 74.4 cm³/mol. The van der Waals surface area contributed by atoms with Gasteiger partial charge in [0.05, 0.1) is 13.7 Å². The van der Waals surface area contributed by atoms with E-state index in [2.05, 4.69) is 22.0 Å². The maximum absolute atomic E-state index is 5.77. The van der Waals surface area contributed by atoms with Crippen LogP contribution in [0.2, 0.25) is 0 Å². The van der Waals surface area contributed by atoms with Crippen molar-refractivity contribution >= 4 is 26.7 Å². The molecule has 0 unspecified atom stereocenters. The maximum Gasteiger partial charge on any atom is 0.127 e. The highest BCUT2D eigenvalue weighted by atomic mass is 79.9. The van der Waals surface area contributed by atoms with Gasteiger partial charge in [0.15, 0.2) is 0 Å². The van der Waals surface area contributed by atoms with Crippen molar-refractivity contribution in [1.29, 1.82) is 0 Å². The monoisotopic (exact) mass is 294 g/mol. The van der Waals surface area contributed by atoms with Crippen molar-refractivity contribution in [3.8, 4) is 11.5 Å². The first kappa shape index (κ1) is 12.2. The molecule has 2 rings (SSSR count). The standard InChI is InChI=1S/C14H15BrO2/c1-16-13-7-8-14(17-10-4-9-15)12-6-3-2-5-11(12)13/h2-3,5-8H,4,9-10H2,1H3. The van der Waals surface area contributed by atoms with Gasteiger partial charge < -0.3 is 9.47 Å². The Morgan fingerprint density at radius 2 is 1.65 bits per heavy atom. The average molecular weight is 295 g/mol. The van der Waals surface area contributed by atoms with E-state index in [-0.39, 0.29) is 0 Å². The number of alkyl halides is 1. The summed E-state index contributed by atoms with van der Waals surface area (Å²) >= 11 is 3.40. The summed E-state index contributed by atoms with van der Waals surface area (Å²) in [6, 6.07) is 12.0. The quantitative estimate of drug-likeness (QED) is 0.613. The molecule has 2 aromatic carbocycles. The van der Waals surface area contributed by atoms with Crippen molar-refractivity contribution in [1.82, 2.24) is 0 Å². The van der Waals surface area contributed by atoms with E-state index in [0.717, 1.165) is 40.6 Å². The van der Waals surface area contributed by atoms with E-state index in [0.29, 0.717) is 0 Å². The summed E-state index contributed by atoms with van der Waals surface area (Å²) in [5, 5.41) is 3.15. The molecule has 0 amide bonds. The highest BCUT2D eigenvalue weighted by Crippen LogP contribution is 2.32. The Morgan fingerprint density at radius 3 is 2.29 bits per heavy atom. The van der Waals surface area contributed by atoms with Gasteiger partial charge in [0.2, 0.25) is 0 Å². The first-order valence-electron chi connectivity index (χ1n) is 5.61. The van der Waals surface area contributed by atoms with Gasteiger partial charge >= 0.3 is 0 Å². The lowest BCUT2D eigenvalue weighted by molar-refractivity contribution is 0.322. The molecule has 0 radical (unpaired) electrons. The summed E-state index contributed by atoms with van der Waals surface area (Å²) < 4.78 is 11.1. The van der Waals surface area contributed by atoms with Crippen molar-refractivity contribution in [2.24, 2.45) is 0 Å². The Bertz CT molecular complexity index is 497. The van der Waals surface area contributed by atoms with Crippen molar-refractivity contribution in [2.45, 2.75) is 6.42 Å². The van der Waals surface area contributed by atoms with Gasteiger partial charge in [0, 0.05) is 16.1 Å². The van der Waals surface area contributed by atoms with Crippen LogP contribution in [0, 0.1) is 0 Å². The minimum absolute atomic E-state index is 0.724. The fourth-order valence-electron chi connectivity index (χ4n) is 1.78. The van der Waals surface area contributed by atoms with E-state index < -0.39 is 0 Å². The summed E-state index contributed by atoms with van der Waals surface area (Å²) in [5.74, 6) is 1.80. The third-order valence-electron chi connectivity index (χ3n) is 2.60. The number of methoxy groups -OCH3 is 1. The van der Waals surface area contributed by atoms with Gasteiger partial charge in [-0.1, -0.05) is 40.2 Å². The van der Waals surface area contributed by atoms with Gasteiger partial charge in [0.1, 0.15) is 11.5 Å². The van der Waals surface area contributed by atoms with Crippen LogP contribution in [0.1, 0.15) is 6.42 Å². The second-order valence-electron chi connectivity index (χ2n) is 3.70. The second kappa shape index (κ2) is 5.92. The van der Waals surface area contributed by atoms with Crippen LogP contribution in [0.4, 0.5) is 0 Å². The fraction of sp³-hybridized carbons (Fsp3) is 0.286. The number of hydrogen-bond acceptors (Lipinski definition) is 2. The Balaban J connectivity index is 2.37. The number of benzene rings is 2. The van der Waals surface area contributed by atoms with Crippen LogP contribution < -0.4 is 9.47 Å². The zero-order valence-electron chi connectivity index (χ0n) is 9.78. The molecule has 0 spiro atoms. The highest BCUT2D eigenvalue weighted by Gasteiger charge is 2.06. The van der Waals surface area contributed by atoms with Gasteiger partial charge in [0.25, 0.3) is 0 Å². The van der Waals surface area contributed by atoms with E-state index >= 15 is 0 Å². The molecule has 0 aliphatic carbocycles. The van der Waals surface area contributed by atoms with Crippen LogP contribution in [0.5, 0.6) is 11.5 Å². The molecule has 0 atom stereocenters. The molecule has 0 fully saturated rings. The van der Waals surface area contributed by atoms with Gasteiger partial charge in [-0.15, -0.1) is 0 Å². The average Bonchev–Trinajstić information content (AvgIpc) is 2.39. The van der Waals surface area contributed by atoms with E-state index in [1.165, 1.54) is 0 Å². The Morgan fingerprint density at radius 1 is 1.00 bits per heavy atom. The molecule has 90 valence electrons. The second-order valence-corrected chi connectivity index (χ2v) is 4.50. The molecule has 0 N–H and O–H groups in total. The summed E-state index contributed by atoms with van der Waals surface area (Å²) in [4.78, 5) is 0. The summed E-state index contributed by atoms with van der Waals surface area (Å²) in [6.45, 7) is 0.724. The first-order chi connectivity index (χ1) is 8.36. The van der Waals surface area contributed by atoms with Crippen molar-refractivity contribution in [2.75, 3.05) is 19.0 Å². The van der Waals surface area contributed by atoms with Crippen LogP contribution in [0.25, 0.3) is 10.8 Å². The summed E-state index contributed by atoms with van der Waals surface area (Å²) in [7, 11) is 1.69. The fourth-order valence-corrected chi connectivity index (χ4v) is 2.01. The highest BCUT2D eigenvalue weighted by molar-refractivity contribution is 9.09. The maximum atomic E-state index is 5.77. The number of fused-ring (bicyclic) bond motifs is 1. The molecule has 0 saturated carbocycles. The summed E-state index contributed by atoms with van der Waals surface area (Å²) in [6.07, 6.45) is 1.00. The molecule has 17 heavy (non-hydrogen) atoms. The largest absolute Gasteiger partial charge is 0.496 e. The molecular weight excluding hydrogens is 280 g/mol. The van der Waals surface area contributed by atoms with Crippen LogP contribution in [0.3, 0.4) is 0 Å². The van der Waals surface area contributed by atoms with Crippen LogP contribution in [-0.2, 0) is 0 Å². The first-order valence-corrected chi connectivity index (χ1v) is 6.73. The lowest BCUT2D eigenvalue weighted by Crippen LogP contribution is -1.98. The van der Waals surface area contributed by atoms with Gasteiger partial charge in [-0.2, -0.15) is 0 Å². The van der Waals surface area contributed by atoms with Crippen molar-refractivity contribution in [3.63, 3.8) is 0 Å².